The third-order valence-corrected chi connectivity index (χ3v) is 3.13. The van der Waals surface area contributed by atoms with Gasteiger partial charge in [0.25, 0.3) is 5.91 Å². The summed E-state index contributed by atoms with van der Waals surface area (Å²) in [4.78, 5) is 19.5. The van der Waals surface area contributed by atoms with Gasteiger partial charge in [0.05, 0.1) is 11.8 Å². The van der Waals surface area contributed by atoms with E-state index in [2.05, 4.69) is 9.88 Å². The molecule has 1 saturated heterocycles. The topological polar surface area (TPSA) is 36.4 Å². The van der Waals surface area contributed by atoms with E-state index in [9.17, 15) is 9.18 Å². The molecule has 4 nitrogen and oxygen atoms in total. The number of aromatic nitrogens is 1. The highest BCUT2D eigenvalue weighted by atomic mass is 35.5. The Morgan fingerprint density at radius 1 is 1.41 bits per heavy atom. The second-order valence-electron chi connectivity index (χ2n) is 4.09. The number of pyridine rings is 1. The van der Waals surface area contributed by atoms with Crippen LogP contribution in [0.25, 0.3) is 0 Å². The normalized spacial score (nSPS) is 17.2. The average Bonchev–Trinajstić information content (AvgIpc) is 2.32. The van der Waals surface area contributed by atoms with E-state index in [-0.39, 0.29) is 16.6 Å². The number of amides is 1. The fourth-order valence-electron chi connectivity index (χ4n) is 1.75. The maximum atomic E-state index is 13.0. The number of hydrogen-bond donors (Lipinski definition) is 0. The van der Waals surface area contributed by atoms with Crippen LogP contribution in [-0.2, 0) is 0 Å². The van der Waals surface area contributed by atoms with Gasteiger partial charge >= 0.3 is 0 Å². The predicted molar refractivity (Wildman–Crippen MR) is 62.6 cm³/mol. The van der Waals surface area contributed by atoms with Gasteiger partial charge in [0.15, 0.2) is 0 Å². The van der Waals surface area contributed by atoms with Crippen LogP contribution in [0.3, 0.4) is 0 Å². The Bertz CT molecular complexity index is 433. The smallest absolute Gasteiger partial charge is 0.257 e. The molecule has 0 radical (unpaired) electrons. The van der Waals surface area contributed by atoms with Crippen molar-refractivity contribution in [3.63, 3.8) is 0 Å². The fourth-order valence-corrected chi connectivity index (χ4v) is 1.94. The van der Waals surface area contributed by atoms with E-state index in [1.165, 1.54) is 0 Å². The summed E-state index contributed by atoms with van der Waals surface area (Å²) in [5.41, 5.74) is 0.135. The molecule has 2 heterocycles. The maximum absolute atomic E-state index is 13.0. The van der Waals surface area contributed by atoms with Gasteiger partial charge in [-0.3, -0.25) is 4.79 Å². The van der Waals surface area contributed by atoms with Gasteiger partial charge in [0, 0.05) is 26.2 Å². The molecule has 1 amide bonds. The van der Waals surface area contributed by atoms with E-state index in [4.69, 9.17) is 11.6 Å². The summed E-state index contributed by atoms with van der Waals surface area (Å²) in [6.45, 7) is 2.88. The van der Waals surface area contributed by atoms with Gasteiger partial charge in [-0.25, -0.2) is 9.37 Å². The first kappa shape index (κ1) is 12.3. The number of carbonyl (C=O) groups is 1. The Morgan fingerprint density at radius 3 is 2.71 bits per heavy atom. The Morgan fingerprint density at radius 2 is 2.06 bits per heavy atom. The van der Waals surface area contributed by atoms with Crippen LogP contribution < -0.4 is 0 Å². The van der Waals surface area contributed by atoms with Gasteiger partial charge in [-0.1, -0.05) is 11.6 Å². The van der Waals surface area contributed by atoms with Crippen LogP contribution in [0, 0.1) is 5.82 Å². The summed E-state index contributed by atoms with van der Waals surface area (Å²) >= 11 is 5.80. The monoisotopic (exact) mass is 257 g/mol. The van der Waals surface area contributed by atoms with Crippen molar-refractivity contribution in [3.05, 3.63) is 28.8 Å². The second-order valence-corrected chi connectivity index (χ2v) is 4.45. The zero-order chi connectivity index (χ0) is 12.4. The largest absolute Gasteiger partial charge is 0.336 e. The summed E-state index contributed by atoms with van der Waals surface area (Å²) in [7, 11) is 2.00. The van der Waals surface area contributed by atoms with E-state index in [0.717, 1.165) is 25.4 Å². The molecule has 0 spiro atoms. The molecule has 1 fully saturated rings. The molecule has 0 aliphatic carbocycles. The van der Waals surface area contributed by atoms with E-state index in [1.54, 1.807) is 4.90 Å². The highest BCUT2D eigenvalue weighted by Crippen LogP contribution is 2.17. The molecule has 6 heteroatoms. The van der Waals surface area contributed by atoms with Crippen molar-refractivity contribution in [2.24, 2.45) is 0 Å². The lowest BCUT2D eigenvalue weighted by Crippen LogP contribution is -2.47. The lowest BCUT2D eigenvalue weighted by molar-refractivity contribution is 0.0663. The first-order valence-electron chi connectivity index (χ1n) is 5.37. The lowest BCUT2D eigenvalue weighted by atomic mass is 10.2. The zero-order valence-corrected chi connectivity index (χ0v) is 10.2. The molecule has 0 N–H and O–H groups in total. The van der Waals surface area contributed by atoms with Crippen molar-refractivity contribution in [2.45, 2.75) is 0 Å². The van der Waals surface area contributed by atoms with E-state index in [0.29, 0.717) is 13.1 Å². The van der Waals surface area contributed by atoms with Crippen LogP contribution in [0.1, 0.15) is 10.4 Å². The van der Waals surface area contributed by atoms with Crippen molar-refractivity contribution < 1.29 is 9.18 Å². The Kier molecular flexibility index (Phi) is 3.59. The van der Waals surface area contributed by atoms with Gasteiger partial charge < -0.3 is 9.80 Å². The van der Waals surface area contributed by atoms with Crippen molar-refractivity contribution in [2.75, 3.05) is 33.2 Å². The lowest BCUT2D eigenvalue weighted by Gasteiger charge is -2.32. The molecule has 1 aliphatic heterocycles. The van der Waals surface area contributed by atoms with Crippen LogP contribution in [0.5, 0.6) is 0 Å². The Labute approximate surface area is 104 Å². The molecule has 92 valence electrons. The number of nitrogens with zero attached hydrogens (tertiary/aromatic N) is 3. The summed E-state index contributed by atoms with van der Waals surface area (Å²) in [5.74, 6) is -0.804. The van der Waals surface area contributed by atoms with Crippen molar-refractivity contribution in [1.82, 2.24) is 14.8 Å². The first-order chi connectivity index (χ1) is 8.08. The number of rotatable bonds is 1. The molecule has 17 heavy (non-hydrogen) atoms. The molecule has 0 bridgehead atoms. The molecule has 0 atom stereocenters. The molecular formula is C11H13ClFN3O. The first-order valence-corrected chi connectivity index (χ1v) is 5.74. The highest BCUT2D eigenvalue weighted by molar-refractivity contribution is 6.32. The molecule has 1 aromatic heterocycles. The predicted octanol–water partition coefficient (Wildman–Crippen LogP) is 1.26. The number of carbonyl (C=O) groups excluding carboxylic acids is 1. The van der Waals surface area contributed by atoms with Gasteiger partial charge in [-0.05, 0) is 13.1 Å². The molecule has 0 saturated carbocycles. The van der Waals surface area contributed by atoms with Gasteiger partial charge in [0.1, 0.15) is 11.0 Å². The molecular weight excluding hydrogens is 245 g/mol. The molecule has 0 unspecified atom stereocenters. The van der Waals surface area contributed by atoms with Crippen LogP contribution in [0.15, 0.2) is 12.3 Å². The third kappa shape index (κ3) is 2.73. The number of piperazine rings is 1. The Balaban J connectivity index is 2.16. The van der Waals surface area contributed by atoms with Crippen LogP contribution in [0.2, 0.25) is 5.15 Å². The zero-order valence-electron chi connectivity index (χ0n) is 9.49. The van der Waals surface area contributed by atoms with Crippen LogP contribution in [0.4, 0.5) is 4.39 Å². The summed E-state index contributed by atoms with van der Waals surface area (Å²) < 4.78 is 13.0. The summed E-state index contributed by atoms with van der Waals surface area (Å²) in [5, 5.41) is 0.0512. The van der Waals surface area contributed by atoms with Gasteiger partial charge in [-0.2, -0.15) is 0 Å². The number of halogens is 2. The minimum absolute atomic E-state index is 0.0512. The minimum atomic E-state index is -0.549. The third-order valence-electron chi connectivity index (χ3n) is 2.83. The van der Waals surface area contributed by atoms with Crippen LogP contribution in [-0.4, -0.2) is 53.9 Å². The van der Waals surface area contributed by atoms with E-state index >= 15 is 0 Å². The highest BCUT2D eigenvalue weighted by Gasteiger charge is 2.22. The van der Waals surface area contributed by atoms with Gasteiger partial charge in [-0.15, -0.1) is 0 Å². The van der Waals surface area contributed by atoms with E-state index in [1.807, 2.05) is 7.05 Å². The van der Waals surface area contributed by atoms with Crippen molar-refractivity contribution in [1.29, 1.82) is 0 Å². The molecule has 1 aliphatic rings. The van der Waals surface area contributed by atoms with Crippen molar-refractivity contribution >= 4 is 17.5 Å². The summed E-state index contributed by atoms with van der Waals surface area (Å²) in [6.07, 6.45) is 1.00. The molecule has 1 aromatic rings. The Hall–Kier alpha value is -1.20. The quantitative estimate of drug-likeness (QED) is 0.711. The minimum Gasteiger partial charge on any atom is -0.336 e. The second kappa shape index (κ2) is 4.98. The SMILES string of the molecule is CN1CCN(C(=O)c2cc(F)cnc2Cl)CC1. The number of hydrogen-bond acceptors (Lipinski definition) is 3. The van der Waals surface area contributed by atoms with Crippen molar-refractivity contribution in [3.8, 4) is 0 Å². The van der Waals surface area contributed by atoms with Gasteiger partial charge in [0.2, 0.25) is 0 Å². The number of likely N-dealkylation sites (N-methyl/N-ethyl adjacent to an activating group) is 1. The fraction of sp³-hybridized carbons (Fsp3) is 0.455. The van der Waals surface area contributed by atoms with E-state index < -0.39 is 5.82 Å². The van der Waals surface area contributed by atoms with Crippen LogP contribution >= 0.6 is 11.6 Å². The maximum Gasteiger partial charge on any atom is 0.257 e. The standard InChI is InChI=1S/C11H13ClFN3O/c1-15-2-4-16(5-3-15)11(17)9-6-8(13)7-14-10(9)12/h6-7H,2-5H2,1H3. The summed E-state index contributed by atoms with van der Waals surface area (Å²) in [6, 6.07) is 1.13. The average molecular weight is 258 g/mol. The molecule has 2 rings (SSSR count). The molecule has 0 aromatic carbocycles.